The van der Waals surface area contributed by atoms with Crippen molar-refractivity contribution < 1.29 is 9.13 Å². The summed E-state index contributed by atoms with van der Waals surface area (Å²) >= 11 is 3.42. The molecule has 0 amide bonds. The zero-order chi connectivity index (χ0) is 15.1. The molecule has 2 aromatic carbocycles. The van der Waals surface area contributed by atoms with Gasteiger partial charge in [-0.05, 0) is 49.4 Å². The van der Waals surface area contributed by atoms with Gasteiger partial charge in [-0.25, -0.2) is 4.39 Å². The second kappa shape index (κ2) is 8.20. The summed E-state index contributed by atoms with van der Waals surface area (Å²) in [6.45, 7) is 2.61. The van der Waals surface area contributed by atoms with E-state index in [0.717, 1.165) is 32.7 Å². The molecule has 0 spiro atoms. The van der Waals surface area contributed by atoms with E-state index in [4.69, 9.17) is 10.5 Å². The second-order valence-electron chi connectivity index (χ2n) is 4.28. The zero-order valence-corrected chi connectivity index (χ0v) is 13.5. The summed E-state index contributed by atoms with van der Waals surface area (Å²) in [6.07, 6.45) is 0. The van der Waals surface area contributed by atoms with Gasteiger partial charge in [0, 0.05) is 27.0 Å². The van der Waals surface area contributed by atoms with E-state index >= 15 is 0 Å². The van der Waals surface area contributed by atoms with Gasteiger partial charge in [0.15, 0.2) is 0 Å². The summed E-state index contributed by atoms with van der Waals surface area (Å²) in [5.41, 5.74) is 6.74. The molecule has 2 aromatic rings. The number of halogens is 1. The highest BCUT2D eigenvalue weighted by molar-refractivity contribution is 8.03. The summed E-state index contributed by atoms with van der Waals surface area (Å²) in [5.74, 6) is 2.52. The molecule has 0 heterocycles. The topological polar surface area (TPSA) is 35.2 Å². The van der Waals surface area contributed by atoms with E-state index < -0.39 is 0 Å². The molecule has 0 radical (unpaired) electrons. The first-order valence-electron chi connectivity index (χ1n) is 6.72. The maximum absolute atomic E-state index is 12.8. The molecule has 21 heavy (non-hydrogen) atoms. The smallest absolute Gasteiger partial charge is 0.123 e. The van der Waals surface area contributed by atoms with E-state index in [-0.39, 0.29) is 5.82 Å². The average molecular weight is 323 g/mol. The van der Waals surface area contributed by atoms with Crippen molar-refractivity contribution in [3.63, 3.8) is 0 Å². The average Bonchev–Trinajstić information content (AvgIpc) is 2.49. The van der Waals surface area contributed by atoms with Crippen LogP contribution in [0.5, 0.6) is 5.75 Å². The molecule has 2 N–H and O–H groups in total. The SMILES string of the molecule is CCOc1ccc(N)c(SCCSc2ccc(F)cc2)c1. The second-order valence-corrected chi connectivity index (χ2v) is 6.59. The van der Waals surface area contributed by atoms with Crippen LogP contribution in [0.25, 0.3) is 0 Å². The van der Waals surface area contributed by atoms with Crippen molar-refractivity contribution in [2.45, 2.75) is 16.7 Å². The molecule has 0 saturated heterocycles. The molecule has 0 bridgehead atoms. The number of rotatable bonds is 7. The summed E-state index contributed by atoms with van der Waals surface area (Å²) in [7, 11) is 0. The first kappa shape index (κ1) is 16.0. The Balaban J connectivity index is 1.82. The molecule has 0 aromatic heterocycles. The van der Waals surface area contributed by atoms with Gasteiger partial charge in [-0.2, -0.15) is 0 Å². The number of hydrogen-bond donors (Lipinski definition) is 1. The van der Waals surface area contributed by atoms with Gasteiger partial charge >= 0.3 is 0 Å². The Bertz CT molecular complexity index is 575. The Labute approximate surface area is 133 Å². The highest BCUT2D eigenvalue weighted by Gasteiger charge is 2.03. The number of thioether (sulfide) groups is 2. The third kappa shape index (κ3) is 5.17. The fraction of sp³-hybridized carbons (Fsp3) is 0.250. The van der Waals surface area contributed by atoms with Gasteiger partial charge in [0.2, 0.25) is 0 Å². The van der Waals surface area contributed by atoms with Gasteiger partial charge in [0.05, 0.1) is 6.61 Å². The molecule has 0 saturated carbocycles. The number of ether oxygens (including phenoxy) is 1. The maximum atomic E-state index is 12.8. The van der Waals surface area contributed by atoms with E-state index in [9.17, 15) is 4.39 Å². The van der Waals surface area contributed by atoms with Gasteiger partial charge in [0.25, 0.3) is 0 Å². The molecular formula is C16H18FNOS2. The molecule has 2 nitrogen and oxygen atoms in total. The van der Waals surface area contributed by atoms with Crippen molar-refractivity contribution in [1.82, 2.24) is 0 Å². The molecule has 5 heteroatoms. The summed E-state index contributed by atoms with van der Waals surface area (Å²) in [4.78, 5) is 2.12. The van der Waals surface area contributed by atoms with Crippen molar-refractivity contribution in [3.05, 3.63) is 48.3 Å². The monoisotopic (exact) mass is 323 g/mol. The number of hydrogen-bond acceptors (Lipinski definition) is 4. The Kier molecular flexibility index (Phi) is 6.26. The number of nitrogens with two attached hydrogens (primary N) is 1. The lowest BCUT2D eigenvalue weighted by Gasteiger charge is -2.09. The first-order chi connectivity index (χ1) is 10.2. The minimum absolute atomic E-state index is 0.200. The molecule has 112 valence electrons. The lowest BCUT2D eigenvalue weighted by Crippen LogP contribution is -1.95. The predicted octanol–water partition coefficient (Wildman–Crippen LogP) is 4.69. The molecule has 2 rings (SSSR count). The number of nitrogen functional groups attached to an aromatic ring is 1. The fourth-order valence-electron chi connectivity index (χ4n) is 1.74. The van der Waals surface area contributed by atoms with Crippen LogP contribution in [0.4, 0.5) is 10.1 Å². The zero-order valence-electron chi connectivity index (χ0n) is 11.8. The third-order valence-corrected chi connectivity index (χ3v) is 5.06. The normalized spacial score (nSPS) is 10.6. The molecule has 0 aliphatic rings. The Morgan fingerprint density at radius 1 is 1.05 bits per heavy atom. The molecule has 0 fully saturated rings. The van der Waals surface area contributed by atoms with Crippen LogP contribution >= 0.6 is 23.5 Å². The first-order valence-corrected chi connectivity index (χ1v) is 8.69. The quantitative estimate of drug-likeness (QED) is 0.455. The minimum Gasteiger partial charge on any atom is -0.494 e. The minimum atomic E-state index is -0.200. The third-order valence-electron chi connectivity index (χ3n) is 2.72. The fourth-order valence-corrected chi connectivity index (χ4v) is 3.62. The predicted molar refractivity (Wildman–Crippen MR) is 89.9 cm³/mol. The largest absolute Gasteiger partial charge is 0.494 e. The van der Waals surface area contributed by atoms with Crippen LogP contribution in [0.3, 0.4) is 0 Å². The molecule has 0 unspecified atom stereocenters. The van der Waals surface area contributed by atoms with Gasteiger partial charge in [-0.15, -0.1) is 23.5 Å². The standard InChI is InChI=1S/C16H18FNOS2/c1-2-19-13-5-8-15(18)16(11-13)21-10-9-20-14-6-3-12(17)4-7-14/h3-8,11H,2,9-10,18H2,1H3. The van der Waals surface area contributed by atoms with E-state index in [2.05, 4.69) is 0 Å². The van der Waals surface area contributed by atoms with Crippen LogP contribution in [0.1, 0.15) is 6.92 Å². The van der Waals surface area contributed by atoms with Crippen molar-refractivity contribution in [2.75, 3.05) is 23.8 Å². The van der Waals surface area contributed by atoms with Crippen molar-refractivity contribution in [2.24, 2.45) is 0 Å². The van der Waals surface area contributed by atoms with Crippen LogP contribution < -0.4 is 10.5 Å². The van der Waals surface area contributed by atoms with Crippen LogP contribution in [0.2, 0.25) is 0 Å². The van der Waals surface area contributed by atoms with Crippen LogP contribution in [-0.4, -0.2) is 18.1 Å². The van der Waals surface area contributed by atoms with Gasteiger partial charge < -0.3 is 10.5 Å². The summed E-state index contributed by atoms with van der Waals surface area (Å²) in [6, 6.07) is 12.3. The molecule has 0 aliphatic heterocycles. The van der Waals surface area contributed by atoms with E-state index in [1.165, 1.54) is 12.1 Å². The van der Waals surface area contributed by atoms with E-state index in [1.54, 1.807) is 35.7 Å². The highest BCUT2D eigenvalue weighted by Crippen LogP contribution is 2.30. The van der Waals surface area contributed by atoms with Gasteiger partial charge in [-0.1, -0.05) is 0 Å². The molecule has 0 atom stereocenters. The Morgan fingerprint density at radius 2 is 1.76 bits per heavy atom. The summed E-state index contributed by atoms with van der Waals surface area (Å²) in [5, 5.41) is 0. The summed E-state index contributed by atoms with van der Waals surface area (Å²) < 4.78 is 18.3. The molecule has 0 aliphatic carbocycles. The van der Waals surface area contributed by atoms with Crippen LogP contribution in [-0.2, 0) is 0 Å². The lowest BCUT2D eigenvalue weighted by atomic mass is 10.3. The maximum Gasteiger partial charge on any atom is 0.123 e. The number of anilines is 1. The highest BCUT2D eigenvalue weighted by atomic mass is 32.2. The number of benzene rings is 2. The van der Waals surface area contributed by atoms with E-state index in [1.807, 2.05) is 25.1 Å². The lowest BCUT2D eigenvalue weighted by molar-refractivity contribution is 0.339. The molecular weight excluding hydrogens is 305 g/mol. The van der Waals surface area contributed by atoms with Crippen molar-refractivity contribution >= 4 is 29.2 Å². The van der Waals surface area contributed by atoms with E-state index in [0.29, 0.717) is 6.61 Å². The Morgan fingerprint density at radius 3 is 2.48 bits per heavy atom. The van der Waals surface area contributed by atoms with Crippen LogP contribution in [0.15, 0.2) is 52.3 Å². The van der Waals surface area contributed by atoms with Gasteiger partial charge in [0.1, 0.15) is 11.6 Å². The van der Waals surface area contributed by atoms with Gasteiger partial charge in [-0.3, -0.25) is 0 Å². The Hall–Kier alpha value is -1.33. The van der Waals surface area contributed by atoms with Crippen LogP contribution in [0, 0.1) is 5.82 Å². The van der Waals surface area contributed by atoms with Crippen molar-refractivity contribution in [1.29, 1.82) is 0 Å². The van der Waals surface area contributed by atoms with Crippen molar-refractivity contribution in [3.8, 4) is 5.75 Å².